The van der Waals surface area contributed by atoms with Crippen LogP contribution in [0, 0.1) is 0 Å². The van der Waals surface area contributed by atoms with E-state index in [2.05, 4.69) is 541 Å². The minimum Gasteiger partial charge on any atom is -0.310 e. The molecule has 0 fully saturated rings. The molecule has 0 aromatic heterocycles. The first kappa shape index (κ1) is 76.0. The van der Waals surface area contributed by atoms with Gasteiger partial charge in [0.25, 0.3) is 0 Å². The molecule has 590 valence electrons. The Bertz CT molecular complexity index is 6500. The summed E-state index contributed by atoms with van der Waals surface area (Å²) in [6, 6.07) is 193. The van der Waals surface area contributed by atoms with Crippen molar-refractivity contribution in [2.75, 3.05) is 19.6 Å². The van der Waals surface area contributed by atoms with E-state index in [1.807, 2.05) is 0 Å². The van der Waals surface area contributed by atoms with Gasteiger partial charge in [0.2, 0.25) is 0 Å². The lowest BCUT2D eigenvalue weighted by molar-refractivity contribution is 0.769. The fraction of sp³-hybridized carbons (Fsp3) is 0.00826. The molecule has 0 bridgehead atoms. The zero-order chi connectivity index (χ0) is 83.3. The molecule has 4 nitrogen and oxygen atoms in total. The van der Waals surface area contributed by atoms with Gasteiger partial charge in [0.1, 0.15) is 0 Å². The number of hydrogen-bond acceptors (Lipinski definition) is 4. The Morgan fingerprint density at radius 3 is 0.520 bits per heavy atom. The Kier molecular flexibility index (Phi) is 20.7. The van der Waals surface area contributed by atoms with Crippen LogP contribution in [0.4, 0.5) is 68.2 Å². The van der Waals surface area contributed by atoms with Crippen LogP contribution in [0.15, 0.2) is 522 Å². The van der Waals surface area contributed by atoms with Crippen LogP contribution >= 0.6 is 0 Å². The Balaban J connectivity index is 0.910. The molecule has 0 saturated carbocycles. The van der Waals surface area contributed by atoms with E-state index in [0.717, 1.165) is 191 Å². The van der Waals surface area contributed by atoms with Gasteiger partial charge < -0.3 is 19.6 Å². The Labute approximate surface area is 732 Å². The molecular weight excluding hydrogens is 1510 g/mol. The van der Waals surface area contributed by atoms with Crippen LogP contribution in [0.2, 0.25) is 0 Å². The van der Waals surface area contributed by atoms with Crippen molar-refractivity contribution in [2.45, 2.75) is 5.41 Å². The van der Waals surface area contributed by atoms with E-state index in [4.69, 9.17) is 0 Å². The Morgan fingerprint density at radius 2 is 0.288 bits per heavy atom. The second kappa shape index (κ2) is 34.0. The van der Waals surface area contributed by atoms with Crippen molar-refractivity contribution in [1.82, 2.24) is 0 Å². The number of para-hydroxylation sites is 2. The zero-order valence-electron chi connectivity index (χ0n) is 68.9. The van der Waals surface area contributed by atoms with Crippen LogP contribution in [0.5, 0.6) is 0 Å². The molecule has 0 spiro atoms. The largest absolute Gasteiger partial charge is 0.310 e. The minimum atomic E-state index is -1.21. The van der Waals surface area contributed by atoms with Crippen LogP contribution in [0.1, 0.15) is 22.3 Å². The molecule has 0 saturated heterocycles. The highest BCUT2D eigenvalue weighted by Gasteiger charge is 2.49. The lowest BCUT2D eigenvalue weighted by Gasteiger charge is -2.38. The highest BCUT2D eigenvalue weighted by atomic mass is 15.2. The van der Waals surface area contributed by atoms with Gasteiger partial charge in [-0.25, -0.2) is 0 Å². The third kappa shape index (κ3) is 15.1. The lowest BCUT2D eigenvalue weighted by Crippen LogP contribution is -2.30. The van der Waals surface area contributed by atoms with Gasteiger partial charge >= 0.3 is 0 Å². The van der Waals surface area contributed by atoms with Crippen molar-refractivity contribution in [3.05, 3.63) is 544 Å². The molecule has 20 aromatic carbocycles. The molecular formula is C121H86N4. The van der Waals surface area contributed by atoms with E-state index in [0.29, 0.717) is 0 Å². The van der Waals surface area contributed by atoms with Crippen LogP contribution in [0.25, 0.3) is 100 Å². The predicted molar refractivity (Wildman–Crippen MR) is 526 cm³/mol. The number of hydrogen-bond donors (Lipinski definition) is 0. The maximum absolute atomic E-state index is 2.54. The molecule has 1 aliphatic rings. The van der Waals surface area contributed by atoms with E-state index in [1.165, 1.54) is 0 Å². The monoisotopic (exact) mass is 1590 g/mol. The van der Waals surface area contributed by atoms with Crippen LogP contribution in [-0.2, 0) is 5.41 Å². The Morgan fingerprint density at radius 1 is 0.112 bits per heavy atom. The molecule has 0 radical (unpaired) electrons. The molecule has 0 aliphatic heterocycles. The summed E-state index contributed by atoms with van der Waals surface area (Å²) in [5.41, 5.74) is 35.4. The standard InChI is InChI=1S/C121H86N4/c1-11-31-87(32-12-1)95-51-63-107(64-52-95)122(105-47-27-9-28-48-105)113-75-77-117-118-78-76-114(123(106-49-29-10-30-50-106)108-65-53-96(54-66-108)88-33-13-2-14-34-88)86-120(118)121(119(117)85-113,103-80-101(93-43-23-7-24-44-93)79-102(81-103)94-45-25-8-26-46-94)104-82-115(124(109-67-55-97(56-68-109)89-35-15-3-16-36-89)110-69-57-98(58-70-110)90-37-17-4-18-38-90)84-116(83-104)125(111-71-59-99(60-72-111)91-39-19-5-20-40-91)112-73-61-100(62-74-112)92-41-21-6-22-42-92/h1-86H. The SMILES string of the molecule is c1ccc(-c2ccc(N(c3ccc(-c4ccccc4)cc3)c3cc(N(c4ccc(-c5ccccc5)cc4)c4ccc(-c5ccccc5)cc4)cc(C4(c5cc(-c6ccccc6)cc(-c6ccccc6)c5)c5cc(N(c6ccccc6)c6ccc(-c7ccccc7)cc6)ccc5-c5ccc(N(c6ccccc6)c6ccc(-c7ccccc7)cc6)cc54)c3)cc2)cc1. The minimum absolute atomic E-state index is 0.947. The molecule has 20 aromatic rings. The summed E-state index contributed by atoms with van der Waals surface area (Å²) in [6.45, 7) is 0. The fourth-order valence-electron chi connectivity index (χ4n) is 18.4. The van der Waals surface area contributed by atoms with Gasteiger partial charge in [-0.05, 0) is 280 Å². The van der Waals surface area contributed by atoms with Gasteiger partial charge in [0.05, 0.1) is 5.41 Å². The van der Waals surface area contributed by atoms with E-state index < -0.39 is 5.41 Å². The highest BCUT2D eigenvalue weighted by molar-refractivity contribution is 5.96. The lowest BCUT2D eigenvalue weighted by atomic mass is 9.66. The molecule has 0 heterocycles. The summed E-state index contributed by atoms with van der Waals surface area (Å²) in [7, 11) is 0. The van der Waals surface area contributed by atoms with Crippen molar-refractivity contribution >= 4 is 68.2 Å². The summed E-state index contributed by atoms with van der Waals surface area (Å²) in [4.78, 5) is 9.88. The van der Waals surface area contributed by atoms with Crippen LogP contribution in [0.3, 0.4) is 0 Å². The first-order chi connectivity index (χ1) is 61.9. The number of rotatable bonds is 22. The summed E-state index contributed by atoms with van der Waals surface area (Å²) < 4.78 is 0. The van der Waals surface area contributed by atoms with Crippen molar-refractivity contribution in [3.63, 3.8) is 0 Å². The molecule has 125 heavy (non-hydrogen) atoms. The number of anilines is 12. The normalized spacial score (nSPS) is 11.7. The third-order valence-corrected chi connectivity index (χ3v) is 24.5. The van der Waals surface area contributed by atoms with Crippen LogP contribution in [-0.4, -0.2) is 0 Å². The first-order valence-electron chi connectivity index (χ1n) is 42.9. The number of benzene rings is 20. The highest BCUT2D eigenvalue weighted by Crippen LogP contribution is 2.61. The van der Waals surface area contributed by atoms with Gasteiger partial charge in [-0.2, -0.15) is 0 Å². The summed E-state index contributed by atoms with van der Waals surface area (Å²) in [5.74, 6) is 0. The summed E-state index contributed by atoms with van der Waals surface area (Å²) in [6.07, 6.45) is 0. The van der Waals surface area contributed by atoms with Gasteiger partial charge in [-0.1, -0.05) is 364 Å². The van der Waals surface area contributed by atoms with Crippen molar-refractivity contribution in [1.29, 1.82) is 0 Å². The second-order valence-corrected chi connectivity index (χ2v) is 32.0. The second-order valence-electron chi connectivity index (χ2n) is 32.0. The van der Waals surface area contributed by atoms with E-state index in [9.17, 15) is 0 Å². The maximum Gasteiger partial charge on any atom is 0.0717 e. The van der Waals surface area contributed by atoms with Gasteiger partial charge in [0, 0.05) is 68.2 Å². The van der Waals surface area contributed by atoms with E-state index >= 15 is 0 Å². The Hall–Kier alpha value is -16.4. The average molecular weight is 1600 g/mol. The smallest absolute Gasteiger partial charge is 0.0717 e. The quantitative estimate of drug-likeness (QED) is 0.0670. The third-order valence-electron chi connectivity index (χ3n) is 24.5. The van der Waals surface area contributed by atoms with Crippen molar-refractivity contribution in [3.8, 4) is 100 Å². The molecule has 21 rings (SSSR count). The first-order valence-corrected chi connectivity index (χ1v) is 42.9. The van der Waals surface area contributed by atoms with Crippen molar-refractivity contribution in [2.24, 2.45) is 0 Å². The average Bonchev–Trinajstić information content (AvgIpc) is 1.54. The molecule has 0 amide bonds. The topological polar surface area (TPSA) is 13.0 Å². The van der Waals surface area contributed by atoms with Gasteiger partial charge in [-0.3, -0.25) is 0 Å². The molecule has 1 aliphatic carbocycles. The molecule has 4 heteroatoms. The van der Waals surface area contributed by atoms with Gasteiger partial charge in [-0.15, -0.1) is 0 Å². The maximum atomic E-state index is 2.54. The molecule has 0 unspecified atom stereocenters. The van der Waals surface area contributed by atoms with E-state index in [1.54, 1.807) is 0 Å². The number of nitrogens with zero attached hydrogens (tertiary/aromatic N) is 4. The summed E-state index contributed by atoms with van der Waals surface area (Å²) >= 11 is 0. The van der Waals surface area contributed by atoms with Gasteiger partial charge in [0.15, 0.2) is 0 Å². The predicted octanol–water partition coefficient (Wildman–Crippen LogP) is 33.3. The summed E-state index contributed by atoms with van der Waals surface area (Å²) in [5, 5.41) is 0. The number of fused-ring (bicyclic) bond motifs is 3. The fourth-order valence-corrected chi connectivity index (χ4v) is 18.4. The molecule has 0 N–H and O–H groups in total. The zero-order valence-corrected chi connectivity index (χ0v) is 68.9. The van der Waals surface area contributed by atoms with Crippen molar-refractivity contribution < 1.29 is 0 Å². The van der Waals surface area contributed by atoms with E-state index in [-0.39, 0.29) is 0 Å². The molecule has 0 atom stereocenters. The van der Waals surface area contributed by atoms with Crippen LogP contribution < -0.4 is 19.6 Å².